The Kier molecular flexibility index (Phi) is 3.98. The number of aliphatic hydroxyl groups excluding tert-OH is 1. The van der Waals surface area contributed by atoms with E-state index in [2.05, 4.69) is 20.8 Å². The number of hydrogen-bond donors (Lipinski definition) is 2. The molecule has 0 amide bonds. The molecule has 1 unspecified atom stereocenters. The van der Waals surface area contributed by atoms with Crippen LogP contribution in [-0.2, 0) is 11.8 Å². The van der Waals surface area contributed by atoms with Gasteiger partial charge in [-0.3, -0.25) is 0 Å². The van der Waals surface area contributed by atoms with Gasteiger partial charge in [0.2, 0.25) is 0 Å². The molecule has 0 aliphatic rings. The van der Waals surface area contributed by atoms with E-state index in [0.717, 1.165) is 12.0 Å². The van der Waals surface area contributed by atoms with Crippen molar-refractivity contribution in [2.24, 2.45) is 0 Å². The number of benzene rings is 1. The fraction of sp³-hybridized carbons (Fsp3) is 0.571. The number of aliphatic hydroxyl groups is 1. The number of aromatic hydroxyl groups is 1. The van der Waals surface area contributed by atoms with Crippen LogP contribution in [0.15, 0.2) is 18.2 Å². The zero-order chi connectivity index (χ0) is 12.3. The van der Waals surface area contributed by atoms with Crippen LogP contribution in [0.2, 0.25) is 0 Å². The van der Waals surface area contributed by atoms with Gasteiger partial charge in [-0.2, -0.15) is 0 Å². The summed E-state index contributed by atoms with van der Waals surface area (Å²) >= 11 is 0. The average molecular weight is 222 g/mol. The Morgan fingerprint density at radius 3 is 2.44 bits per heavy atom. The summed E-state index contributed by atoms with van der Waals surface area (Å²) in [5.74, 6) is 0.275. The van der Waals surface area contributed by atoms with Gasteiger partial charge < -0.3 is 10.2 Å². The van der Waals surface area contributed by atoms with E-state index < -0.39 is 6.10 Å². The first kappa shape index (κ1) is 13.0. The molecule has 0 saturated carbocycles. The Morgan fingerprint density at radius 1 is 1.31 bits per heavy atom. The fourth-order valence-corrected chi connectivity index (χ4v) is 1.69. The Labute approximate surface area is 97.9 Å². The van der Waals surface area contributed by atoms with Crippen LogP contribution in [0.1, 0.15) is 45.2 Å². The number of hydrogen-bond acceptors (Lipinski definition) is 2. The summed E-state index contributed by atoms with van der Waals surface area (Å²) in [5.41, 5.74) is 2.15. The summed E-state index contributed by atoms with van der Waals surface area (Å²) in [7, 11) is 0. The quantitative estimate of drug-likeness (QED) is 0.822. The minimum absolute atomic E-state index is 0.112. The second-order valence-electron chi connectivity index (χ2n) is 5.13. The predicted molar refractivity (Wildman–Crippen MR) is 66.8 cm³/mol. The van der Waals surface area contributed by atoms with Crippen molar-refractivity contribution in [3.8, 4) is 5.75 Å². The summed E-state index contributed by atoms with van der Waals surface area (Å²) in [4.78, 5) is 0. The monoisotopic (exact) mass is 222 g/mol. The summed E-state index contributed by atoms with van der Waals surface area (Å²) in [6.07, 6.45) is 1.12. The van der Waals surface area contributed by atoms with E-state index in [4.69, 9.17) is 0 Å². The molecule has 1 atom stereocenters. The topological polar surface area (TPSA) is 40.5 Å². The molecular weight excluding hydrogens is 200 g/mol. The van der Waals surface area contributed by atoms with Crippen LogP contribution < -0.4 is 0 Å². The zero-order valence-electron chi connectivity index (χ0n) is 10.6. The molecule has 2 nitrogen and oxygen atoms in total. The van der Waals surface area contributed by atoms with Gasteiger partial charge in [0, 0.05) is 6.42 Å². The lowest BCUT2D eigenvalue weighted by Crippen LogP contribution is -2.16. The highest BCUT2D eigenvalue weighted by molar-refractivity contribution is 5.39. The normalized spacial score (nSPS) is 13.8. The number of phenols is 1. The molecule has 1 aromatic carbocycles. The molecule has 0 radical (unpaired) electrons. The summed E-state index contributed by atoms with van der Waals surface area (Å²) in [6.45, 7) is 8.26. The number of phenolic OH excluding ortho intramolecular Hbond substituents is 1. The van der Waals surface area contributed by atoms with Crippen LogP contribution >= 0.6 is 0 Å². The first-order valence-electron chi connectivity index (χ1n) is 5.87. The second-order valence-corrected chi connectivity index (χ2v) is 5.13. The van der Waals surface area contributed by atoms with Crippen molar-refractivity contribution in [3.63, 3.8) is 0 Å². The van der Waals surface area contributed by atoms with Crippen molar-refractivity contribution < 1.29 is 10.2 Å². The highest BCUT2D eigenvalue weighted by Gasteiger charge is 2.19. The molecule has 1 aromatic rings. The molecule has 0 spiro atoms. The van der Waals surface area contributed by atoms with E-state index in [-0.39, 0.29) is 11.2 Å². The third kappa shape index (κ3) is 2.99. The SMILES string of the molecule is CCC(C)(C)c1ccc(O)c(CC(C)O)c1. The summed E-state index contributed by atoms with van der Waals surface area (Å²) < 4.78 is 0. The molecule has 0 fully saturated rings. The molecule has 0 saturated heterocycles. The van der Waals surface area contributed by atoms with Gasteiger partial charge in [-0.15, -0.1) is 0 Å². The molecule has 1 rings (SSSR count). The molecule has 0 bridgehead atoms. The number of rotatable bonds is 4. The van der Waals surface area contributed by atoms with Crippen LogP contribution in [-0.4, -0.2) is 16.3 Å². The molecular formula is C14H22O2. The average Bonchev–Trinajstić information content (AvgIpc) is 2.20. The Bertz CT molecular complexity index is 354. The standard InChI is InChI=1S/C14H22O2/c1-5-14(3,4)12-6-7-13(16)11(9-12)8-10(2)15/h6-7,9-10,15-16H,5,8H2,1-4H3. The van der Waals surface area contributed by atoms with Gasteiger partial charge in [0.25, 0.3) is 0 Å². The summed E-state index contributed by atoms with van der Waals surface area (Å²) in [5, 5.41) is 19.1. The maximum atomic E-state index is 9.71. The highest BCUT2D eigenvalue weighted by atomic mass is 16.3. The minimum Gasteiger partial charge on any atom is -0.508 e. The molecule has 90 valence electrons. The smallest absolute Gasteiger partial charge is 0.118 e. The molecule has 0 aromatic heterocycles. The Hall–Kier alpha value is -1.02. The van der Waals surface area contributed by atoms with Gasteiger partial charge >= 0.3 is 0 Å². The van der Waals surface area contributed by atoms with E-state index in [1.165, 1.54) is 5.56 Å². The largest absolute Gasteiger partial charge is 0.508 e. The highest BCUT2D eigenvalue weighted by Crippen LogP contribution is 2.30. The Balaban J connectivity index is 3.07. The maximum Gasteiger partial charge on any atom is 0.118 e. The van der Waals surface area contributed by atoms with Gasteiger partial charge in [-0.1, -0.05) is 32.9 Å². The first-order valence-corrected chi connectivity index (χ1v) is 5.87. The minimum atomic E-state index is -0.425. The van der Waals surface area contributed by atoms with E-state index in [1.54, 1.807) is 13.0 Å². The summed E-state index contributed by atoms with van der Waals surface area (Å²) in [6, 6.07) is 5.69. The van der Waals surface area contributed by atoms with Crippen LogP contribution in [0.25, 0.3) is 0 Å². The molecule has 16 heavy (non-hydrogen) atoms. The lowest BCUT2D eigenvalue weighted by Gasteiger charge is -2.24. The van der Waals surface area contributed by atoms with Gasteiger partial charge in [-0.05, 0) is 36.0 Å². The van der Waals surface area contributed by atoms with Crippen molar-refractivity contribution in [1.29, 1.82) is 0 Å². The van der Waals surface area contributed by atoms with Crippen molar-refractivity contribution in [2.45, 2.75) is 52.1 Å². The third-order valence-electron chi connectivity index (χ3n) is 3.26. The van der Waals surface area contributed by atoms with Crippen molar-refractivity contribution in [2.75, 3.05) is 0 Å². The lowest BCUT2D eigenvalue weighted by atomic mass is 9.81. The van der Waals surface area contributed by atoms with Crippen molar-refractivity contribution in [3.05, 3.63) is 29.3 Å². The molecule has 2 N–H and O–H groups in total. The van der Waals surface area contributed by atoms with Crippen LogP contribution in [0.5, 0.6) is 5.75 Å². The Morgan fingerprint density at radius 2 is 1.94 bits per heavy atom. The van der Waals surface area contributed by atoms with Gasteiger partial charge in [0.1, 0.15) is 5.75 Å². The lowest BCUT2D eigenvalue weighted by molar-refractivity contribution is 0.194. The van der Waals surface area contributed by atoms with E-state index in [0.29, 0.717) is 6.42 Å². The molecule has 0 aliphatic heterocycles. The zero-order valence-corrected chi connectivity index (χ0v) is 10.6. The predicted octanol–water partition coefficient (Wildman–Crippen LogP) is 3.00. The fourth-order valence-electron chi connectivity index (χ4n) is 1.69. The van der Waals surface area contributed by atoms with Crippen LogP contribution in [0, 0.1) is 0 Å². The van der Waals surface area contributed by atoms with E-state index in [1.807, 2.05) is 12.1 Å². The second kappa shape index (κ2) is 4.88. The van der Waals surface area contributed by atoms with Gasteiger partial charge in [-0.25, -0.2) is 0 Å². The molecule has 0 aliphatic carbocycles. The molecule has 0 heterocycles. The molecule has 2 heteroatoms. The van der Waals surface area contributed by atoms with E-state index in [9.17, 15) is 10.2 Å². The van der Waals surface area contributed by atoms with E-state index >= 15 is 0 Å². The van der Waals surface area contributed by atoms with Crippen LogP contribution in [0.4, 0.5) is 0 Å². The van der Waals surface area contributed by atoms with Crippen LogP contribution in [0.3, 0.4) is 0 Å². The van der Waals surface area contributed by atoms with Gasteiger partial charge in [0.15, 0.2) is 0 Å². The van der Waals surface area contributed by atoms with Gasteiger partial charge in [0.05, 0.1) is 6.10 Å². The van der Waals surface area contributed by atoms with Crippen molar-refractivity contribution in [1.82, 2.24) is 0 Å². The van der Waals surface area contributed by atoms with Crippen molar-refractivity contribution >= 4 is 0 Å². The maximum absolute atomic E-state index is 9.71. The first-order chi connectivity index (χ1) is 7.36. The third-order valence-corrected chi connectivity index (χ3v) is 3.26.